The molecule has 2 heteroatoms. The Bertz CT molecular complexity index is 294. The summed E-state index contributed by atoms with van der Waals surface area (Å²) in [7, 11) is 0. The van der Waals surface area contributed by atoms with Crippen LogP contribution in [0.3, 0.4) is 0 Å². The minimum atomic E-state index is 0.563. The van der Waals surface area contributed by atoms with Crippen LogP contribution in [0.25, 0.3) is 0 Å². The second-order valence-corrected chi connectivity index (χ2v) is 4.93. The molecule has 0 amide bonds. The van der Waals surface area contributed by atoms with Crippen LogP contribution >= 0.6 is 11.8 Å². The number of rotatable bonds is 4. The fraction of sp³-hybridized carbons (Fsp3) is 0.500. The molecule has 0 bridgehead atoms. The zero-order valence-corrected chi connectivity index (χ0v) is 10.2. The van der Waals surface area contributed by atoms with Gasteiger partial charge >= 0.3 is 0 Å². The highest BCUT2D eigenvalue weighted by Crippen LogP contribution is 2.22. The molecule has 1 aromatic rings. The number of hydrogen-bond acceptors (Lipinski definition) is 2. The average molecular weight is 209 g/mol. The van der Waals surface area contributed by atoms with Crippen LogP contribution in [-0.4, -0.2) is 11.9 Å². The van der Waals surface area contributed by atoms with Crippen LogP contribution in [0, 0.1) is 13.8 Å². The van der Waals surface area contributed by atoms with Crippen molar-refractivity contribution >= 4 is 11.8 Å². The van der Waals surface area contributed by atoms with E-state index in [0.29, 0.717) is 6.04 Å². The van der Waals surface area contributed by atoms with Crippen LogP contribution < -0.4 is 5.32 Å². The summed E-state index contributed by atoms with van der Waals surface area (Å²) in [4.78, 5) is 1.38. The van der Waals surface area contributed by atoms with Gasteiger partial charge in [-0.25, -0.2) is 0 Å². The van der Waals surface area contributed by atoms with E-state index in [9.17, 15) is 0 Å². The fourth-order valence-electron chi connectivity index (χ4n) is 1.25. The molecule has 1 N–H and O–H groups in total. The minimum absolute atomic E-state index is 0.563. The third-order valence-electron chi connectivity index (χ3n) is 2.05. The summed E-state index contributed by atoms with van der Waals surface area (Å²) >= 11 is 1.87. The minimum Gasteiger partial charge on any atom is -0.305 e. The Hall–Kier alpha value is -0.470. The molecule has 0 heterocycles. The molecule has 0 aliphatic heterocycles. The lowest BCUT2D eigenvalue weighted by Gasteiger charge is -2.09. The number of aryl methyl sites for hydroxylation is 2. The van der Waals surface area contributed by atoms with Crippen molar-refractivity contribution in [3.63, 3.8) is 0 Å². The van der Waals surface area contributed by atoms with Crippen molar-refractivity contribution in [2.75, 3.05) is 5.88 Å². The SMILES string of the molecule is Cc1ccc(SCNC(C)C)c(C)c1. The molecule has 78 valence electrons. The molecule has 0 radical (unpaired) electrons. The molecule has 0 saturated carbocycles. The summed E-state index contributed by atoms with van der Waals surface area (Å²) in [5, 5.41) is 3.40. The first-order valence-electron chi connectivity index (χ1n) is 5.03. The van der Waals surface area contributed by atoms with E-state index in [1.807, 2.05) is 11.8 Å². The Balaban J connectivity index is 2.51. The molecule has 0 aliphatic carbocycles. The van der Waals surface area contributed by atoms with Gasteiger partial charge in [-0.05, 0) is 25.5 Å². The summed E-state index contributed by atoms with van der Waals surface area (Å²) in [5.74, 6) is 0.988. The van der Waals surface area contributed by atoms with Crippen molar-refractivity contribution < 1.29 is 0 Å². The first-order valence-corrected chi connectivity index (χ1v) is 6.01. The molecule has 1 aromatic carbocycles. The van der Waals surface area contributed by atoms with E-state index in [2.05, 4.69) is 51.2 Å². The van der Waals surface area contributed by atoms with Gasteiger partial charge in [0.2, 0.25) is 0 Å². The average Bonchev–Trinajstić information content (AvgIpc) is 2.08. The normalized spacial score (nSPS) is 10.9. The standard InChI is InChI=1S/C12H19NS/c1-9(2)13-8-14-12-6-5-10(3)7-11(12)4/h5-7,9,13H,8H2,1-4H3. The molecule has 0 aliphatic rings. The summed E-state index contributed by atoms with van der Waals surface area (Å²) < 4.78 is 0. The number of benzene rings is 1. The van der Waals surface area contributed by atoms with Crippen molar-refractivity contribution in [2.24, 2.45) is 0 Å². The molecule has 0 aromatic heterocycles. The van der Waals surface area contributed by atoms with Crippen molar-refractivity contribution in [3.8, 4) is 0 Å². The first kappa shape index (κ1) is 11.6. The van der Waals surface area contributed by atoms with Crippen LogP contribution in [0.4, 0.5) is 0 Å². The summed E-state index contributed by atoms with van der Waals surface area (Å²) in [6, 6.07) is 7.17. The van der Waals surface area contributed by atoms with Gasteiger partial charge in [0.05, 0.1) is 0 Å². The smallest absolute Gasteiger partial charge is 0.0467 e. The Kier molecular flexibility index (Phi) is 4.49. The first-order chi connectivity index (χ1) is 6.59. The van der Waals surface area contributed by atoms with Gasteiger partial charge in [0.25, 0.3) is 0 Å². The Morgan fingerprint density at radius 3 is 2.57 bits per heavy atom. The third kappa shape index (κ3) is 3.72. The van der Waals surface area contributed by atoms with Crippen molar-refractivity contribution in [1.29, 1.82) is 0 Å². The van der Waals surface area contributed by atoms with Crippen LogP contribution in [0.15, 0.2) is 23.1 Å². The largest absolute Gasteiger partial charge is 0.305 e. The van der Waals surface area contributed by atoms with Gasteiger partial charge < -0.3 is 5.32 Å². The van der Waals surface area contributed by atoms with E-state index in [0.717, 1.165) is 5.88 Å². The Morgan fingerprint density at radius 1 is 1.29 bits per heavy atom. The van der Waals surface area contributed by atoms with Crippen LogP contribution in [-0.2, 0) is 0 Å². The highest BCUT2D eigenvalue weighted by Gasteiger charge is 1.99. The fourth-order valence-corrected chi connectivity index (χ4v) is 2.27. The van der Waals surface area contributed by atoms with E-state index in [-0.39, 0.29) is 0 Å². The van der Waals surface area contributed by atoms with Gasteiger partial charge in [-0.2, -0.15) is 0 Å². The molecular formula is C12H19NS. The van der Waals surface area contributed by atoms with Crippen molar-refractivity contribution in [3.05, 3.63) is 29.3 Å². The second-order valence-electron chi connectivity index (χ2n) is 3.92. The van der Waals surface area contributed by atoms with E-state index >= 15 is 0 Å². The number of hydrogen-bond donors (Lipinski definition) is 1. The molecular weight excluding hydrogens is 190 g/mol. The van der Waals surface area contributed by atoms with Crippen LogP contribution in [0.1, 0.15) is 25.0 Å². The molecule has 0 spiro atoms. The van der Waals surface area contributed by atoms with Gasteiger partial charge in [0, 0.05) is 16.8 Å². The van der Waals surface area contributed by atoms with Gasteiger partial charge in [-0.15, -0.1) is 11.8 Å². The predicted molar refractivity (Wildman–Crippen MR) is 64.9 cm³/mol. The monoisotopic (exact) mass is 209 g/mol. The maximum atomic E-state index is 3.40. The molecule has 14 heavy (non-hydrogen) atoms. The van der Waals surface area contributed by atoms with E-state index < -0.39 is 0 Å². The van der Waals surface area contributed by atoms with Crippen molar-refractivity contribution in [2.45, 2.75) is 38.6 Å². The maximum Gasteiger partial charge on any atom is 0.0467 e. The Morgan fingerprint density at radius 2 is 2.00 bits per heavy atom. The molecule has 1 nitrogen and oxygen atoms in total. The molecule has 1 rings (SSSR count). The third-order valence-corrected chi connectivity index (χ3v) is 3.13. The van der Waals surface area contributed by atoms with E-state index in [1.165, 1.54) is 16.0 Å². The van der Waals surface area contributed by atoms with Gasteiger partial charge in [0.1, 0.15) is 0 Å². The second kappa shape index (κ2) is 5.42. The van der Waals surface area contributed by atoms with Crippen LogP contribution in [0.5, 0.6) is 0 Å². The van der Waals surface area contributed by atoms with Crippen LogP contribution in [0.2, 0.25) is 0 Å². The van der Waals surface area contributed by atoms with E-state index in [4.69, 9.17) is 0 Å². The number of nitrogens with one attached hydrogen (secondary N) is 1. The molecule has 0 atom stereocenters. The summed E-state index contributed by atoms with van der Waals surface area (Å²) in [6.07, 6.45) is 0. The van der Waals surface area contributed by atoms with Gasteiger partial charge in [0.15, 0.2) is 0 Å². The highest BCUT2D eigenvalue weighted by atomic mass is 32.2. The lowest BCUT2D eigenvalue weighted by Crippen LogP contribution is -2.21. The topological polar surface area (TPSA) is 12.0 Å². The predicted octanol–water partition coefficient (Wildman–Crippen LogP) is 3.35. The zero-order valence-electron chi connectivity index (χ0n) is 9.42. The van der Waals surface area contributed by atoms with Gasteiger partial charge in [-0.3, -0.25) is 0 Å². The summed E-state index contributed by atoms with van der Waals surface area (Å²) in [5.41, 5.74) is 2.71. The van der Waals surface area contributed by atoms with Gasteiger partial charge in [-0.1, -0.05) is 31.5 Å². The molecule has 0 unspecified atom stereocenters. The highest BCUT2D eigenvalue weighted by molar-refractivity contribution is 7.99. The molecule has 0 fully saturated rings. The zero-order chi connectivity index (χ0) is 10.6. The molecule has 0 saturated heterocycles. The van der Waals surface area contributed by atoms with Crippen molar-refractivity contribution in [1.82, 2.24) is 5.32 Å². The lowest BCUT2D eigenvalue weighted by molar-refractivity contribution is 0.654. The lowest BCUT2D eigenvalue weighted by atomic mass is 10.2. The van der Waals surface area contributed by atoms with E-state index in [1.54, 1.807) is 0 Å². The maximum absolute atomic E-state index is 3.40. The quantitative estimate of drug-likeness (QED) is 0.603. The Labute approximate surface area is 91.3 Å². The summed E-state index contributed by atoms with van der Waals surface area (Å²) in [6.45, 7) is 8.64. The number of thioether (sulfide) groups is 1.